The molecule has 0 saturated heterocycles. The van der Waals surface area contributed by atoms with Gasteiger partial charge in [0.1, 0.15) is 5.82 Å². The minimum absolute atomic E-state index is 0.177. The number of anilines is 1. The molecule has 1 amide bonds. The third-order valence-corrected chi connectivity index (χ3v) is 8.29. The largest absolute Gasteiger partial charge is 0.306 e. The summed E-state index contributed by atoms with van der Waals surface area (Å²) < 4.78 is 30.7. The quantitative estimate of drug-likeness (QED) is 0.318. The average Bonchev–Trinajstić information content (AvgIpc) is 3.41. The number of carbonyl (C=O) groups is 1. The lowest BCUT2D eigenvalue weighted by Crippen LogP contribution is -2.37. The normalized spacial score (nSPS) is 12.2. The standard InChI is InChI=1S/C26H31N5O3S2/c1-17(2)15-30(16-18(3)4)36(33,34)21-12-10-20(11-13-21)25(32)28-24-14-19(5)29-31(24)26-27-22-8-6-7-9-23(22)35-26/h6-14,17-18H,15-16H2,1-5H3,(H,28,32). The van der Waals surface area contributed by atoms with Crippen molar-refractivity contribution < 1.29 is 13.2 Å². The Bertz CT molecular complexity index is 1430. The molecule has 2 aromatic carbocycles. The Labute approximate surface area is 216 Å². The fourth-order valence-electron chi connectivity index (χ4n) is 3.89. The Morgan fingerprint density at radius 2 is 1.67 bits per heavy atom. The highest BCUT2D eigenvalue weighted by Gasteiger charge is 2.26. The van der Waals surface area contributed by atoms with Crippen LogP contribution in [0.15, 0.2) is 59.5 Å². The van der Waals surface area contributed by atoms with E-state index in [4.69, 9.17) is 0 Å². The Morgan fingerprint density at radius 1 is 1.03 bits per heavy atom. The predicted octanol–water partition coefficient (Wildman–Crippen LogP) is 5.35. The lowest BCUT2D eigenvalue weighted by molar-refractivity contribution is 0.102. The van der Waals surface area contributed by atoms with Crippen LogP contribution in [0.1, 0.15) is 43.7 Å². The third kappa shape index (κ3) is 5.66. The summed E-state index contributed by atoms with van der Waals surface area (Å²) in [7, 11) is -3.66. The minimum Gasteiger partial charge on any atom is -0.306 e. The van der Waals surface area contributed by atoms with Gasteiger partial charge in [-0.3, -0.25) is 4.79 Å². The number of fused-ring (bicyclic) bond motifs is 1. The van der Waals surface area contributed by atoms with Crippen LogP contribution in [-0.2, 0) is 10.0 Å². The molecule has 0 unspecified atom stereocenters. The maximum atomic E-state index is 13.3. The van der Waals surface area contributed by atoms with E-state index in [-0.39, 0.29) is 22.6 Å². The fourth-order valence-corrected chi connectivity index (χ4v) is 6.58. The Hall–Kier alpha value is -3.08. The number of rotatable bonds is 9. The number of nitrogens with zero attached hydrogens (tertiary/aromatic N) is 4. The van der Waals surface area contributed by atoms with Crippen LogP contribution in [0, 0.1) is 18.8 Å². The van der Waals surface area contributed by atoms with Crippen LogP contribution in [0.25, 0.3) is 15.3 Å². The number of aryl methyl sites for hydroxylation is 1. The summed E-state index contributed by atoms with van der Waals surface area (Å²) in [6.07, 6.45) is 0. The van der Waals surface area contributed by atoms with Crippen molar-refractivity contribution in [3.8, 4) is 5.13 Å². The first kappa shape index (κ1) is 26.0. The van der Waals surface area contributed by atoms with Crippen molar-refractivity contribution in [3.63, 3.8) is 0 Å². The lowest BCUT2D eigenvalue weighted by atomic mass is 10.2. The molecule has 4 rings (SSSR count). The summed E-state index contributed by atoms with van der Waals surface area (Å²) in [6.45, 7) is 10.7. The maximum absolute atomic E-state index is 13.3. The number of carbonyl (C=O) groups excluding carboxylic acids is 1. The van der Waals surface area contributed by atoms with Gasteiger partial charge in [0.05, 0.1) is 20.8 Å². The van der Waals surface area contributed by atoms with Crippen molar-refractivity contribution in [3.05, 3.63) is 65.9 Å². The topological polar surface area (TPSA) is 97.2 Å². The molecule has 4 aromatic rings. The van der Waals surface area contributed by atoms with E-state index >= 15 is 0 Å². The highest BCUT2D eigenvalue weighted by atomic mass is 32.2. The molecule has 0 aliphatic heterocycles. The number of nitrogens with one attached hydrogen (secondary N) is 1. The van der Waals surface area contributed by atoms with Crippen LogP contribution in [0.4, 0.5) is 5.82 Å². The number of benzene rings is 2. The van der Waals surface area contributed by atoms with E-state index in [0.717, 1.165) is 15.9 Å². The molecule has 0 aliphatic rings. The van der Waals surface area contributed by atoms with Gasteiger partial charge in [-0.25, -0.2) is 13.4 Å². The van der Waals surface area contributed by atoms with E-state index in [1.165, 1.54) is 39.9 Å². The molecule has 0 aliphatic carbocycles. The van der Waals surface area contributed by atoms with Gasteiger partial charge in [0.2, 0.25) is 15.2 Å². The molecule has 2 heterocycles. The molecule has 1 N–H and O–H groups in total. The molecule has 0 spiro atoms. The Morgan fingerprint density at radius 3 is 2.28 bits per heavy atom. The summed E-state index contributed by atoms with van der Waals surface area (Å²) >= 11 is 1.48. The van der Waals surface area contributed by atoms with Crippen molar-refractivity contribution in [1.82, 2.24) is 19.1 Å². The number of para-hydroxylation sites is 1. The Kier molecular flexibility index (Phi) is 7.58. The highest BCUT2D eigenvalue weighted by molar-refractivity contribution is 7.89. The van der Waals surface area contributed by atoms with Gasteiger partial charge in [-0.2, -0.15) is 14.1 Å². The van der Waals surface area contributed by atoms with Gasteiger partial charge in [-0.15, -0.1) is 0 Å². The summed E-state index contributed by atoms with van der Waals surface area (Å²) in [5, 5.41) is 8.04. The molecular weight excluding hydrogens is 494 g/mol. The predicted molar refractivity (Wildman–Crippen MR) is 144 cm³/mol. The minimum atomic E-state index is -3.66. The summed E-state index contributed by atoms with van der Waals surface area (Å²) in [5.41, 5.74) is 1.95. The number of aromatic nitrogens is 3. The molecule has 0 bridgehead atoms. The molecule has 0 saturated carbocycles. The van der Waals surface area contributed by atoms with E-state index < -0.39 is 10.0 Å². The first-order chi connectivity index (χ1) is 17.0. The number of thiazole rings is 1. The van der Waals surface area contributed by atoms with Gasteiger partial charge >= 0.3 is 0 Å². The third-order valence-electron chi connectivity index (χ3n) is 5.43. The second-order valence-corrected chi connectivity index (χ2v) is 12.6. The van der Waals surface area contributed by atoms with Gasteiger partial charge in [0.15, 0.2) is 0 Å². The van der Waals surface area contributed by atoms with Gasteiger partial charge in [0, 0.05) is 24.7 Å². The highest BCUT2D eigenvalue weighted by Crippen LogP contribution is 2.27. The zero-order valence-electron chi connectivity index (χ0n) is 21.1. The first-order valence-electron chi connectivity index (χ1n) is 11.9. The lowest BCUT2D eigenvalue weighted by Gasteiger charge is -2.25. The molecule has 0 atom stereocenters. The fraction of sp³-hybridized carbons (Fsp3) is 0.346. The van der Waals surface area contributed by atoms with Gasteiger partial charge < -0.3 is 5.32 Å². The van der Waals surface area contributed by atoms with E-state index in [9.17, 15) is 13.2 Å². The van der Waals surface area contributed by atoms with Crippen LogP contribution in [-0.4, -0.2) is 46.5 Å². The molecular formula is C26H31N5O3S2. The van der Waals surface area contributed by atoms with Gasteiger partial charge in [0.25, 0.3) is 5.91 Å². The smallest absolute Gasteiger partial charge is 0.256 e. The molecule has 0 fully saturated rings. The molecule has 10 heteroatoms. The summed E-state index contributed by atoms with van der Waals surface area (Å²) in [6, 6.07) is 15.6. The average molecular weight is 526 g/mol. The summed E-state index contributed by atoms with van der Waals surface area (Å²) in [4.78, 5) is 17.8. The molecule has 190 valence electrons. The van der Waals surface area contributed by atoms with E-state index in [1.807, 2.05) is 58.9 Å². The van der Waals surface area contributed by atoms with Gasteiger partial charge in [-0.1, -0.05) is 51.2 Å². The zero-order valence-corrected chi connectivity index (χ0v) is 22.7. The molecule has 2 aromatic heterocycles. The van der Waals surface area contributed by atoms with Crippen molar-refractivity contribution in [2.75, 3.05) is 18.4 Å². The second-order valence-electron chi connectivity index (χ2n) is 9.64. The SMILES string of the molecule is Cc1cc(NC(=O)c2ccc(S(=O)(=O)N(CC(C)C)CC(C)C)cc2)n(-c2nc3ccccc3s2)n1. The molecule has 8 nitrogen and oxygen atoms in total. The van der Waals surface area contributed by atoms with E-state index in [0.29, 0.717) is 29.6 Å². The molecule has 0 radical (unpaired) electrons. The number of hydrogen-bond acceptors (Lipinski definition) is 6. The number of hydrogen-bond donors (Lipinski definition) is 1. The first-order valence-corrected chi connectivity index (χ1v) is 14.1. The van der Waals surface area contributed by atoms with Crippen LogP contribution in [0.3, 0.4) is 0 Å². The molecule has 36 heavy (non-hydrogen) atoms. The summed E-state index contributed by atoms with van der Waals surface area (Å²) in [5.74, 6) is 0.537. The van der Waals surface area contributed by atoms with Crippen LogP contribution in [0.5, 0.6) is 0 Å². The second kappa shape index (κ2) is 10.5. The van der Waals surface area contributed by atoms with E-state index in [1.54, 1.807) is 10.7 Å². The van der Waals surface area contributed by atoms with Crippen LogP contribution in [0.2, 0.25) is 0 Å². The zero-order chi connectivity index (χ0) is 26.0. The van der Waals surface area contributed by atoms with Gasteiger partial charge in [-0.05, 0) is 55.2 Å². The number of sulfonamides is 1. The van der Waals surface area contributed by atoms with Crippen molar-refractivity contribution in [2.45, 2.75) is 39.5 Å². The Balaban J connectivity index is 1.56. The van der Waals surface area contributed by atoms with Crippen molar-refractivity contribution in [2.24, 2.45) is 11.8 Å². The van der Waals surface area contributed by atoms with Crippen molar-refractivity contribution in [1.29, 1.82) is 0 Å². The monoisotopic (exact) mass is 525 g/mol. The van der Waals surface area contributed by atoms with Crippen LogP contribution < -0.4 is 5.32 Å². The number of amides is 1. The van der Waals surface area contributed by atoms with Crippen molar-refractivity contribution >= 4 is 43.3 Å². The van der Waals surface area contributed by atoms with Crippen LogP contribution >= 0.6 is 11.3 Å². The maximum Gasteiger partial charge on any atom is 0.256 e. The van der Waals surface area contributed by atoms with E-state index in [2.05, 4.69) is 15.4 Å².